The SMILES string of the molecule is CC(=O)NCc1ccc(C(=O)N2CCCc3ncccc32)cc1. The van der Waals surface area contributed by atoms with Gasteiger partial charge in [0.25, 0.3) is 5.91 Å². The third-order valence-corrected chi connectivity index (χ3v) is 3.94. The second-order valence-corrected chi connectivity index (χ2v) is 5.64. The highest BCUT2D eigenvalue weighted by atomic mass is 16.2. The van der Waals surface area contributed by atoms with Crippen LogP contribution in [0.15, 0.2) is 42.6 Å². The van der Waals surface area contributed by atoms with E-state index < -0.39 is 0 Å². The Balaban J connectivity index is 1.77. The summed E-state index contributed by atoms with van der Waals surface area (Å²) >= 11 is 0. The molecule has 2 amide bonds. The molecule has 0 spiro atoms. The van der Waals surface area contributed by atoms with Crippen LogP contribution in [0.25, 0.3) is 0 Å². The molecule has 0 atom stereocenters. The summed E-state index contributed by atoms with van der Waals surface area (Å²) in [6.07, 6.45) is 3.61. The van der Waals surface area contributed by atoms with Crippen LogP contribution in [0.1, 0.15) is 35.0 Å². The molecule has 1 aromatic carbocycles. The number of pyridine rings is 1. The number of aryl methyl sites for hydroxylation is 1. The number of carbonyl (C=O) groups is 2. The molecule has 0 saturated carbocycles. The van der Waals surface area contributed by atoms with Crippen LogP contribution < -0.4 is 10.2 Å². The summed E-state index contributed by atoms with van der Waals surface area (Å²) in [5.74, 6) is -0.0763. The van der Waals surface area contributed by atoms with Crippen molar-refractivity contribution in [2.24, 2.45) is 0 Å². The highest BCUT2D eigenvalue weighted by Gasteiger charge is 2.23. The van der Waals surface area contributed by atoms with E-state index in [4.69, 9.17) is 0 Å². The van der Waals surface area contributed by atoms with Crippen LogP contribution in [0.2, 0.25) is 0 Å². The molecule has 0 saturated heterocycles. The number of aromatic nitrogens is 1. The summed E-state index contributed by atoms with van der Waals surface area (Å²) in [4.78, 5) is 29.9. The van der Waals surface area contributed by atoms with Gasteiger partial charge < -0.3 is 10.2 Å². The molecule has 0 radical (unpaired) electrons. The van der Waals surface area contributed by atoms with Crippen molar-refractivity contribution in [3.63, 3.8) is 0 Å². The molecule has 23 heavy (non-hydrogen) atoms. The summed E-state index contributed by atoms with van der Waals surface area (Å²) in [6.45, 7) is 2.67. The van der Waals surface area contributed by atoms with Crippen LogP contribution in [0, 0.1) is 0 Å². The van der Waals surface area contributed by atoms with Gasteiger partial charge >= 0.3 is 0 Å². The van der Waals surface area contributed by atoms with Gasteiger partial charge in [-0.05, 0) is 42.7 Å². The molecule has 2 aromatic rings. The second-order valence-electron chi connectivity index (χ2n) is 5.64. The average molecular weight is 309 g/mol. The predicted molar refractivity (Wildman–Crippen MR) is 88.2 cm³/mol. The quantitative estimate of drug-likeness (QED) is 0.946. The van der Waals surface area contributed by atoms with Gasteiger partial charge in [0.05, 0.1) is 11.4 Å². The fourth-order valence-corrected chi connectivity index (χ4v) is 2.75. The molecule has 5 heteroatoms. The Morgan fingerprint density at radius 1 is 1.22 bits per heavy atom. The van der Waals surface area contributed by atoms with Crippen molar-refractivity contribution in [3.8, 4) is 0 Å². The van der Waals surface area contributed by atoms with E-state index in [1.165, 1.54) is 6.92 Å². The van der Waals surface area contributed by atoms with Gasteiger partial charge in [0.2, 0.25) is 5.91 Å². The van der Waals surface area contributed by atoms with Crippen LogP contribution in [0.4, 0.5) is 5.69 Å². The Kier molecular flexibility index (Phi) is 4.37. The Morgan fingerprint density at radius 3 is 2.74 bits per heavy atom. The van der Waals surface area contributed by atoms with Gasteiger partial charge in [0, 0.05) is 31.8 Å². The molecule has 0 aliphatic carbocycles. The van der Waals surface area contributed by atoms with Crippen molar-refractivity contribution in [2.75, 3.05) is 11.4 Å². The maximum Gasteiger partial charge on any atom is 0.258 e. The van der Waals surface area contributed by atoms with Crippen molar-refractivity contribution in [3.05, 3.63) is 59.4 Å². The van der Waals surface area contributed by atoms with Crippen LogP contribution in [-0.2, 0) is 17.8 Å². The predicted octanol–water partition coefficient (Wildman–Crippen LogP) is 2.31. The highest BCUT2D eigenvalue weighted by molar-refractivity contribution is 6.06. The fourth-order valence-electron chi connectivity index (χ4n) is 2.75. The van der Waals surface area contributed by atoms with E-state index in [0.717, 1.165) is 29.8 Å². The molecule has 1 aromatic heterocycles. The van der Waals surface area contributed by atoms with E-state index in [0.29, 0.717) is 18.7 Å². The topological polar surface area (TPSA) is 62.3 Å². The maximum atomic E-state index is 12.8. The molecular weight excluding hydrogens is 290 g/mol. The van der Waals surface area contributed by atoms with Crippen molar-refractivity contribution in [2.45, 2.75) is 26.3 Å². The molecule has 0 unspecified atom stereocenters. The van der Waals surface area contributed by atoms with E-state index in [1.54, 1.807) is 11.1 Å². The van der Waals surface area contributed by atoms with Crippen molar-refractivity contribution < 1.29 is 9.59 Å². The largest absolute Gasteiger partial charge is 0.352 e. The minimum Gasteiger partial charge on any atom is -0.352 e. The van der Waals surface area contributed by atoms with Gasteiger partial charge in [-0.25, -0.2) is 0 Å². The van der Waals surface area contributed by atoms with Crippen molar-refractivity contribution in [1.29, 1.82) is 0 Å². The first-order chi connectivity index (χ1) is 11.1. The lowest BCUT2D eigenvalue weighted by molar-refractivity contribution is -0.119. The Labute approximate surface area is 135 Å². The van der Waals surface area contributed by atoms with E-state index >= 15 is 0 Å². The number of carbonyl (C=O) groups excluding carboxylic acids is 2. The first-order valence-electron chi connectivity index (χ1n) is 7.74. The monoisotopic (exact) mass is 309 g/mol. The Morgan fingerprint density at radius 2 is 2.00 bits per heavy atom. The van der Waals surface area contributed by atoms with Crippen molar-refractivity contribution >= 4 is 17.5 Å². The first-order valence-corrected chi connectivity index (χ1v) is 7.74. The fraction of sp³-hybridized carbons (Fsp3) is 0.278. The molecule has 1 aliphatic rings. The molecular formula is C18H19N3O2. The molecule has 1 aliphatic heterocycles. The smallest absolute Gasteiger partial charge is 0.258 e. The number of nitrogens with one attached hydrogen (secondary N) is 1. The van der Waals surface area contributed by atoms with E-state index in [9.17, 15) is 9.59 Å². The number of rotatable bonds is 3. The van der Waals surface area contributed by atoms with Gasteiger partial charge in [-0.2, -0.15) is 0 Å². The zero-order chi connectivity index (χ0) is 16.2. The van der Waals surface area contributed by atoms with Gasteiger partial charge in [0.15, 0.2) is 0 Å². The van der Waals surface area contributed by atoms with Gasteiger partial charge in [-0.15, -0.1) is 0 Å². The average Bonchev–Trinajstić information content (AvgIpc) is 2.59. The summed E-state index contributed by atoms with van der Waals surface area (Å²) in [7, 11) is 0. The number of amides is 2. The summed E-state index contributed by atoms with van der Waals surface area (Å²) in [5.41, 5.74) is 3.51. The van der Waals surface area contributed by atoms with E-state index in [1.807, 2.05) is 36.4 Å². The number of benzene rings is 1. The highest BCUT2D eigenvalue weighted by Crippen LogP contribution is 2.26. The number of nitrogens with zero attached hydrogens (tertiary/aromatic N) is 2. The van der Waals surface area contributed by atoms with E-state index in [-0.39, 0.29) is 11.8 Å². The molecule has 3 rings (SSSR count). The number of hydrogen-bond donors (Lipinski definition) is 1. The summed E-state index contributed by atoms with van der Waals surface area (Å²) in [6, 6.07) is 11.2. The maximum absolute atomic E-state index is 12.8. The zero-order valence-corrected chi connectivity index (χ0v) is 13.1. The summed E-state index contributed by atoms with van der Waals surface area (Å²) < 4.78 is 0. The first kappa shape index (κ1) is 15.2. The lowest BCUT2D eigenvalue weighted by Gasteiger charge is -2.28. The Hall–Kier alpha value is -2.69. The van der Waals surface area contributed by atoms with Crippen LogP contribution in [0.5, 0.6) is 0 Å². The lowest BCUT2D eigenvalue weighted by atomic mass is 10.0. The molecule has 2 heterocycles. The molecule has 0 bridgehead atoms. The van der Waals surface area contributed by atoms with Gasteiger partial charge in [-0.3, -0.25) is 14.6 Å². The Bertz CT molecular complexity index is 725. The zero-order valence-electron chi connectivity index (χ0n) is 13.1. The third-order valence-electron chi connectivity index (χ3n) is 3.94. The molecule has 0 fully saturated rings. The van der Waals surface area contributed by atoms with Gasteiger partial charge in [-0.1, -0.05) is 12.1 Å². The van der Waals surface area contributed by atoms with Gasteiger partial charge in [0.1, 0.15) is 0 Å². The molecule has 1 N–H and O–H groups in total. The standard InChI is InChI=1S/C18H19N3O2/c1-13(22)20-12-14-6-8-15(9-7-14)18(23)21-11-3-4-16-17(21)5-2-10-19-16/h2,5-10H,3-4,11-12H2,1H3,(H,20,22). The second kappa shape index (κ2) is 6.60. The van der Waals surface area contributed by atoms with Crippen molar-refractivity contribution in [1.82, 2.24) is 10.3 Å². The minimum absolute atomic E-state index is 0.00923. The minimum atomic E-state index is -0.0671. The van der Waals surface area contributed by atoms with Crippen LogP contribution in [-0.4, -0.2) is 23.3 Å². The van der Waals surface area contributed by atoms with E-state index in [2.05, 4.69) is 10.3 Å². The normalized spacial score (nSPS) is 13.3. The number of hydrogen-bond acceptors (Lipinski definition) is 3. The summed E-state index contributed by atoms with van der Waals surface area (Å²) in [5, 5.41) is 2.74. The van der Waals surface area contributed by atoms with Crippen LogP contribution in [0.3, 0.4) is 0 Å². The third kappa shape index (κ3) is 3.39. The lowest BCUT2D eigenvalue weighted by Crippen LogP contribution is -2.35. The van der Waals surface area contributed by atoms with Crippen LogP contribution >= 0.6 is 0 Å². The molecule has 5 nitrogen and oxygen atoms in total. The number of anilines is 1. The molecule has 118 valence electrons. The number of fused-ring (bicyclic) bond motifs is 1.